The maximum Gasteiger partial charge on any atom is 0.333 e. The lowest BCUT2D eigenvalue weighted by molar-refractivity contribution is 0.253. The van der Waals surface area contributed by atoms with Crippen molar-refractivity contribution in [3.63, 3.8) is 0 Å². The molecule has 0 spiro atoms. The molecule has 0 atom stereocenters. The zero-order valence-electron chi connectivity index (χ0n) is 10.3. The molecule has 0 fully saturated rings. The lowest BCUT2D eigenvalue weighted by Crippen LogP contribution is -2.44. The summed E-state index contributed by atoms with van der Waals surface area (Å²) in [7, 11) is 0. The van der Waals surface area contributed by atoms with Gasteiger partial charge in [-0.2, -0.15) is 0 Å². The third-order valence-electron chi connectivity index (χ3n) is 2.59. The second kappa shape index (κ2) is 5.52. The molecule has 0 unspecified atom stereocenters. The van der Waals surface area contributed by atoms with Gasteiger partial charge in [-0.05, 0) is 30.2 Å². The minimum absolute atomic E-state index is 0.214. The van der Waals surface area contributed by atoms with Crippen molar-refractivity contribution in [1.29, 1.82) is 0 Å². The first kappa shape index (κ1) is 14.7. The van der Waals surface area contributed by atoms with Crippen LogP contribution < -0.4 is 33.2 Å². The van der Waals surface area contributed by atoms with Gasteiger partial charge in [-0.25, -0.2) is 31.3 Å². The number of aliphatic hydroxyl groups is 1. The summed E-state index contributed by atoms with van der Waals surface area (Å²) in [6.07, 6.45) is 0. The standard InChI is InChI=1S/C10H16N6O3/c1-5-7(15(13)9(11)18)2-6(4-17)3-8(5)16(14)10(12)19/h2-3,17H,4,13-14H2,1H3,(H2,11,18)(H2,12,19). The summed E-state index contributed by atoms with van der Waals surface area (Å²) in [5, 5.41) is 10.5. The van der Waals surface area contributed by atoms with Crippen LogP contribution in [0, 0.1) is 6.92 Å². The molecule has 0 heterocycles. The molecule has 104 valence electrons. The maximum absolute atomic E-state index is 11.1. The van der Waals surface area contributed by atoms with Crippen molar-refractivity contribution in [3.05, 3.63) is 23.3 Å². The van der Waals surface area contributed by atoms with Gasteiger partial charge in [0.05, 0.1) is 18.0 Å². The molecule has 1 rings (SSSR count). The Labute approximate surface area is 109 Å². The fourth-order valence-corrected chi connectivity index (χ4v) is 1.57. The van der Waals surface area contributed by atoms with E-state index in [1.54, 1.807) is 6.92 Å². The number of amides is 4. The van der Waals surface area contributed by atoms with Crippen molar-refractivity contribution in [2.45, 2.75) is 13.5 Å². The predicted octanol–water partition coefficient (Wildman–Crippen LogP) is -0.995. The molecular formula is C10H16N6O3. The first-order valence-electron chi connectivity index (χ1n) is 5.22. The summed E-state index contributed by atoms with van der Waals surface area (Å²) in [6, 6.07) is 1.12. The Morgan fingerprint density at radius 1 is 1.11 bits per heavy atom. The summed E-state index contributed by atoms with van der Waals surface area (Å²) in [4.78, 5) is 22.2. The largest absolute Gasteiger partial charge is 0.392 e. The summed E-state index contributed by atoms with van der Waals surface area (Å²) in [5.41, 5.74) is 11.4. The van der Waals surface area contributed by atoms with Gasteiger partial charge >= 0.3 is 12.1 Å². The number of anilines is 2. The first-order valence-corrected chi connectivity index (χ1v) is 5.22. The van der Waals surface area contributed by atoms with Crippen LogP contribution in [0.25, 0.3) is 0 Å². The number of carbonyl (C=O) groups excluding carboxylic acids is 2. The third kappa shape index (κ3) is 2.91. The zero-order chi connectivity index (χ0) is 14.7. The van der Waals surface area contributed by atoms with Crippen molar-refractivity contribution in [2.75, 3.05) is 10.0 Å². The highest BCUT2D eigenvalue weighted by molar-refractivity contribution is 5.95. The molecule has 1 aromatic rings. The molecule has 0 saturated carbocycles. The average molecular weight is 268 g/mol. The molecule has 0 bridgehead atoms. The number of hydrogen-bond acceptors (Lipinski definition) is 5. The van der Waals surface area contributed by atoms with Gasteiger partial charge in [0.25, 0.3) is 0 Å². The molecule has 0 aliphatic rings. The monoisotopic (exact) mass is 268 g/mol. The SMILES string of the molecule is Cc1c(N(N)C(N)=O)cc(CO)cc1N(N)C(N)=O. The topological polar surface area (TPSA) is 165 Å². The third-order valence-corrected chi connectivity index (χ3v) is 2.59. The number of carbonyl (C=O) groups is 2. The summed E-state index contributed by atoms with van der Waals surface area (Å²) in [5.74, 6) is 11.0. The van der Waals surface area contributed by atoms with Crippen LogP contribution in [0.1, 0.15) is 11.1 Å². The number of aliphatic hydroxyl groups excluding tert-OH is 1. The normalized spacial score (nSPS) is 10.1. The van der Waals surface area contributed by atoms with Gasteiger partial charge in [0.2, 0.25) is 0 Å². The van der Waals surface area contributed by atoms with Crippen LogP contribution in [0.4, 0.5) is 21.0 Å². The van der Waals surface area contributed by atoms with E-state index in [2.05, 4.69) is 0 Å². The van der Waals surface area contributed by atoms with Gasteiger partial charge < -0.3 is 16.6 Å². The number of rotatable bonds is 3. The van der Waals surface area contributed by atoms with Crippen LogP contribution in [-0.2, 0) is 6.61 Å². The van der Waals surface area contributed by atoms with Gasteiger partial charge in [-0.3, -0.25) is 0 Å². The van der Waals surface area contributed by atoms with Crippen molar-refractivity contribution in [2.24, 2.45) is 23.2 Å². The van der Waals surface area contributed by atoms with Crippen LogP contribution in [0.5, 0.6) is 0 Å². The highest BCUT2D eigenvalue weighted by atomic mass is 16.3. The molecule has 9 heteroatoms. The molecule has 19 heavy (non-hydrogen) atoms. The van der Waals surface area contributed by atoms with Gasteiger partial charge in [-0.1, -0.05) is 0 Å². The molecular weight excluding hydrogens is 252 g/mol. The van der Waals surface area contributed by atoms with Crippen LogP contribution in [0.2, 0.25) is 0 Å². The summed E-state index contributed by atoms with van der Waals surface area (Å²) >= 11 is 0. The van der Waals surface area contributed by atoms with Crippen molar-refractivity contribution < 1.29 is 14.7 Å². The minimum Gasteiger partial charge on any atom is -0.392 e. The summed E-state index contributed by atoms with van der Waals surface area (Å²) in [6.45, 7) is 1.25. The van der Waals surface area contributed by atoms with Crippen molar-refractivity contribution in [3.8, 4) is 0 Å². The molecule has 9 nitrogen and oxygen atoms in total. The van der Waals surface area contributed by atoms with E-state index >= 15 is 0 Å². The van der Waals surface area contributed by atoms with Crippen LogP contribution in [0.15, 0.2) is 12.1 Å². The second-order valence-electron chi connectivity index (χ2n) is 3.83. The highest BCUT2D eigenvalue weighted by Crippen LogP contribution is 2.29. The number of nitrogens with two attached hydrogens (primary N) is 4. The Balaban J connectivity index is 3.44. The maximum atomic E-state index is 11.1. The Morgan fingerprint density at radius 2 is 1.47 bits per heavy atom. The first-order chi connectivity index (χ1) is 8.79. The van der Waals surface area contributed by atoms with E-state index in [0.717, 1.165) is 0 Å². The van der Waals surface area contributed by atoms with Gasteiger partial charge in [0.1, 0.15) is 0 Å². The number of hydrazine groups is 2. The molecule has 1 aromatic carbocycles. The van der Waals surface area contributed by atoms with Gasteiger partial charge in [0, 0.05) is 0 Å². The van der Waals surface area contributed by atoms with E-state index in [1.807, 2.05) is 0 Å². The van der Waals surface area contributed by atoms with Crippen LogP contribution >= 0.6 is 0 Å². The van der Waals surface area contributed by atoms with Gasteiger partial charge in [-0.15, -0.1) is 0 Å². The Bertz CT molecular complexity index is 477. The number of urea groups is 2. The summed E-state index contributed by atoms with van der Waals surface area (Å²) < 4.78 is 0. The number of hydrogen-bond donors (Lipinski definition) is 5. The predicted molar refractivity (Wildman–Crippen MR) is 69.6 cm³/mol. The molecule has 0 saturated heterocycles. The number of primary amides is 2. The Kier molecular flexibility index (Phi) is 4.27. The lowest BCUT2D eigenvalue weighted by Gasteiger charge is -2.23. The number of benzene rings is 1. The zero-order valence-corrected chi connectivity index (χ0v) is 10.3. The molecule has 0 aliphatic carbocycles. The van der Waals surface area contributed by atoms with E-state index in [9.17, 15) is 9.59 Å². The van der Waals surface area contributed by atoms with Crippen molar-refractivity contribution >= 4 is 23.4 Å². The Morgan fingerprint density at radius 3 is 1.74 bits per heavy atom. The fourth-order valence-electron chi connectivity index (χ4n) is 1.57. The Hall–Kier alpha value is -2.36. The van der Waals surface area contributed by atoms with E-state index < -0.39 is 12.1 Å². The molecule has 0 aliphatic heterocycles. The molecule has 9 N–H and O–H groups in total. The number of nitrogens with zero attached hydrogens (tertiary/aromatic N) is 2. The highest BCUT2D eigenvalue weighted by Gasteiger charge is 2.19. The average Bonchev–Trinajstić information content (AvgIpc) is 2.37. The molecule has 4 amide bonds. The molecule has 0 aromatic heterocycles. The minimum atomic E-state index is -0.896. The molecule has 0 radical (unpaired) electrons. The van der Waals surface area contributed by atoms with Crippen LogP contribution in [-0.4, -0.2) is 17.2 Å². The van der Waals surface area contributed by atoms with E-state index in [-0.39, 0.29) is 18.0 Å². The fraction of sp³-hybridized carbons (Fsp3) is 0.200. The van der Waals surface area contributed by atoms with E-state index in [0.29, 0.717) is 21.1 Å². The second-order valence-corrected chi connectivity index (χ2v) is 3.83. The smallest absolute Gasteiger partial charge is 0.333 e. The quantitative estimate of drug-likeness (QED) is 0.269. The van der Waals surface area contributed by atoms with Crippen molar-refractivity contribution in [1.82, 2.24) is 0 Å². The van der Waals surface area contributed by atoms with E-state index in [1.165, 1.54) is 12.1 Å². The lowest BCUT2D eigenvalue weighted by atomic mass is 10.1. The van der Waals surface area contributed by atoms with Gasteiger partial charge in [0.15, 0.2) is 0 Å². The van der Waals surface area contributed by atoms with E-state index in [4.69, 9.17) is 28.3 Å². The van der Waals surface area contributed by atoms with Crippen LogP contribution in [0.3, 0.4) is 0 Å².